The van der Waals surface area contributed by atoms with E-state index in [1.165, 1.54) is 11.3 Å². The van der Waals surface area contributed by atoms with E-state index in [0.29, 0.717) is 0 Å². The Labute approximate surface area is 110 Å². The van der Waals surface area contributed by atoms with Gasteiger partial charge in [0.15, 0.2) is 0 Å². The van der Waals surface area contributed by atoms with Crippen LogP contribution in [0.1, 0.15) is 39.2 Å². The number of fused-ring (bicyclic) bond motifs is 1. The first-order valence-corrected chi connectivity index (χ1v) is 6.69. The summed E-state index contributed by atoms with van der Waals surface area (Å²) in [5.74, 6) is 0.971. The van der Waals surface area contributed by atoms with Crippen molar-refractivity contribution in [2.75, 3.05) is 18.6 Å². The maximum atomic E-state index is 5.79. The third-order valence-corrected chi connectivity index (χ3v) is 3.90. The van der Waals surface area contributed by atoms with Gasteiger partial charge in [-0.05, 0) is 30.2 Å². The summed E-state index contributed by atoms with van der Waals surface area (Å²) >= 11 is 0. The first kappa shape index (κ1) is 13.0. The molecule has 0 spiro atoms. The number of unbranched alkanes of at least 4 members (excludes halogenated alkanes) is 1. The summed E-state index contributed by atoms with van der Waals surface area (Å²) in [7, 11) is 2.08. The molecular weight excluding hydrogens is 222 g/mol. The molecule has 2 nitrogen and oxygen atoms in total. The molecule has 0 saturated heterocycles. The van der Waals surface area contributed by atoms with Crippen molar-refractivity contribution in [3.63, 3.8) is 0 Å². The van der Waals surface area contributed by atoms with Crippen LogP contribution < -0.4 is 9.64 Å². The third kappa shape index (κ3) is 2.00. The average Bonchev–Trinajstić information content (AvgIpc) is 2.52. The fourth-order valence-corrected chi connectivity index (χ4v) is 2.45. The highest BCUT2D eigenvalue weighted by atomic mass is 16.5. The molecule has 0 N–H and O–H groups in total. The van der Waals surface area contributed by atoms with E-state index in [1.807, 2.05) is 0 Å². The van der Waals surface area contributed by atoms with Crippen molar-refractivity contribution >= 4 is 5.69 Å². The van der Waals surface area contributed by atoms with Crippen molar-refractivity contribution < 1.29 is 4.74 Å². The van der Waals surface area contributed by atoms with Crippen LogP contribution in [0.3, 0.4) is 0 Å². The van der Waals surface area contributed by atoms with Crippen LogP contribution in [-0.2, 0) is 5.41 Å². The maximum Gasteiger partial charge on any atom is 0.119 e. The molecule has 18 heavy (non-hydrogen) atoms. The molecule has 0 aromatic heterocycles. The van der Waals surface area contributed by atoms with Crippen LogP contribution in [0.4, 0.5) is 5.69 Å². The van der Waals surface area contributed by atoms with E-state index in [2.05, 4.69) is 57.5 Å². The zero-order valence-electron chi connectivity index (χ0n) is 11.9. The molecule has 0 bridgehead atoms. The van der Waals surface area contributed by atoms with Gasteiger partial charge in [-0.15, -0.1) is 0 Å². The summed E-state index contributed by atoms with van der Waals surface area (Å²) in [6.45, 7) is 11.6. The van der Waals surface area contributed by atoms with E-state index in [0.717, 1.165) is 30.9 Å². The number of anilines is 1. The maximum absolute atomic E-state index is 5.79. The molecule has 0 atom stereocenters. The summed E-state index contributed by atoms with van der Waals surface area (Å²) in [4.78, 5) is 2.17. The van der Waals surface area contributed by atoms with Gasteiger partial charge in [-0.25, -0.2) is 0 Å². The predicted octanol–water partition coefficient (Wildman–Crippen LogP) is 4.11. The minimum atomic E-state index is -0.00574. The van der Waals surface area contributed by atoms with Gasteiger partial charge in [0.05, 0.1) is 6.61 Å². The Morgan fingerprint density at radius 2 is 2.06 bits per heavy atom. The molecule has 1 aromatic rings. The van der Waals surface area contributed by atoms with Crippen LogP contribution in [0, 0.1) is 0 Å². The van der Waals surface area contributed by atoms with Gasteiger partial charge in [0.1, 0.15) is 5.75 Å². The molecule has 2 heteroatoms. The molecule has 0 saturated carbocycles. The molecule has 0 aliphatic carbocycles. The lowest BCUT2D eigenvalue weighted by Gasteiger charge is -2.22. The highest BCUT2D eigenvalue weighted by molar-refractivity contribution is 5.70. The molecule has 98 valence electrons. The van der Waals surface area contributed by atoms with Gasteiger partial charge >= 0.3 is 0 Å². The number of ether oxygens (including phenoxy) is 1. The minimum absolute atomic E-state index is 0.00574. The van der Waals surface area contributed by atoms with Gasteiger partial charge in [0.25, 0.3) is 0 Å². The normalized spacial score (nSPS) is 16.9. The fraction of sp³-hybridized carbons (Fsp3) is 0.500. The number of allylic oxidation sites excluding steroid dienone is 1. The van der Waals surface area contributed by atoms with Crippen LogP contribution >= 0.6 is 0 Å². The van der Waals surface area contributed by atoms with Crippen LogP contribution in [-0.4, -0.2) is 13.7 Å². The zero-order chi connectivity index (χ0) is 13.3. The first-order valence-electron chi connectivity index (χ1n) is 6.69. The molecule has 1 aliphatic heterocycles. The van der Waals surface area contributed by atoms with Crippen molar-refractivity contribution in [3.05, 3.63) is 36.0 Å². The molecule has 2 rings (SSSR count). The zero-order valence-corrected chi connectivity index (χ0v) is 11.9. The molecular formula is C16H23NO. The van der Waals surface area contributed by atoms with Crippen LogP contribution in [0.2, 0.25) is 0 Å². The Morgan fingerprint density at radius 1 is 1.33 bits per heavy atom. The topological polar surface area (TPSA) is 12.5 Å². The lowest BCUT2D eigenvalue weighted by Crippen LogP contribution is -2.21. The standard InChI is InChI=1S/C16H23NO/c1-6-7-10-18-13-8-9-15-14(11-13)16(3,4)12(2)17(15)5/h8-9,11H,2,6-7,10H2,1,3-5H3. The van der Waals surface area contributed by atoms with Gasteiger partial charge in [-0.2, -0.15) is 0 Å². The van der Waals surface area contributed by atoms with Crippen molar-refractivity contribution in [1.82, 2.24) is 0 Å². The van der Waals surface area contributed by atoms with Crippen molar-refractivity contribution in [2.45, 2.75) is 39.0 Å². The van der Waals surface area contributed by atoms with E-state index >= 15 is 0 Å². The fourth-order valence-electron chi connectivity index (χ4n) is 2.45. The Balaban J connectivity index is 2.27. The summed E-state index contributed by atoms with van der Waals surface area (Å²) in [5, 5.41) is 0. The molecule has 0 unspecified atom stereocenters. The number of rotatable bonds is 4. The Hall–Kier alpha value is -1.44. The van der Waals surface area contributed by atoms with E-state index in [4.69, 9.17) is 4.74 Å². The molecule has 0 fully saturated rings. The van der Waals surface area contributed by atoms with E-state index in [9.17, 15) is 0 Å². The molecule has 1 aliphatic rings. The summed E-state index contributed by atoms with van der Waals surface area (Å²) < 4.78 is 5.79. The predicted molar refractivity (Wildman–Crippen MR) is 77.4 cm³/mol. The Bertz CT molecular complexity index is 462. The molecule has 0 amide bonds. The number of hydrogen-bond donors (Lipinski definition) is 0. The first-order chi connectivity index (χ1) is 8.48. The molecule has 1 aromatic carbocycles. The van der Waals surface area contributed by atoms with Gasteiger partial charge in [-0.3, -0.25) is 0 Å². The van der Waals surface area contributed by atoms with Crippen LogP contribution in [0.5, 0.6) is 5.75 Å². The summed E-state index contributed by atoms with van der Waals surface area (Å²) in [6, 6.07) is 6.36. The summed E-state index contributed by atoms with van der Waals surface area (Å²) in [6.07, 6.45) is 2.27. The van der Waals surface area contributed by atoms with Crippen LogP contribution in [0.25, 0.3) is 0 Å². The molecule has 0 radical (unpaired) electrons. The third-order valence-electron chi connectivity index (χ3n) is 3.90. The lowest BCUT2D eigenvalue weighted by molar-refractivity contribution is 0.309. The second kappa shape index (κ2) is 4.68. The Kier molecular flexibility index (Phi) is 3.38. The van der Waals surface area contributed by atoms with Crippen molar-refractivity contribution in [2.24, 2.45) is 0 Å². The highest BCUT2D eigenvalue weighted by Crippen LogP contribution is 2.47. The second-order valence-electron chi connectivity index (χ2n) is 5.51. The van der Waals surface area contributed by atoms with E-state index in [-0.39, 0.29) is 5.41 Å². The van der Waals surface area contributed by atoms with E-state index in [1.54, 1.807) is 0 Å². The minimum Gasteiger partial charge on any atom is -0.494 e. The Morgan fingerprint density at radius 3 is 2.72 bits per heavy atom. The highest BCUT2D eigenvalue weighted by Gasteiger charge is 2.37. The van der Waals surface area contributed by atoms with Crippen molar-refractivity contribution in [1.29, 1.82) is 0 Å². The molecule has 1 heterocycles. The van der Waals surface area contributed by atoms with Crippen molar-refractivity contribution in [3.8, 4) is 5.75 Å². The monoisotopic (exact) mass is 245 g/mol. The van der Waals surface area contributed by atoms with E-state index < -0.39 is 0 Å². The SMILES string of the molecule is C=C1N(C)c2ccc(OCCCC)cc2C1(C)C. The van der Waals surface area contributed by atoms with Gasteiger partial charge in [0, 0.05) is 23.8 Å². The number of benzene rings is 1. The van der Waals surface area contributed by atoms with Gasteiger partial charge in [0.2, 0.25) is 0 Å². The quantitative estimate of drug-likeness (QED) is 0.740. The lowest BCUT2D eigenvalue weighted by atomic mass is 9.84. The van der Waals surface area contributed by atoms with Crippen LogP contribution in [0.15, 0.2) is 30.5 Å². The summed E-state index contributed by atoms with van der Waals surface area (Å²) in [5.41, 5.74) is 3.69. The largest absolute Gasteiger partial charge is 0.494 e. The average molecular weight is 245 g/mol. The smallest absolute Gasteiger partial charge is 0.119 e. The number of hydrogen-bond acceptors (Lipinski definition) is 2. The number of nitrogens with zero attached hydrogens (tertiary/aromatic N) is 1. The second-order valence-corrected chi connectivity index (χ2v) is 5.51. The number of likely N-dealkylation sites (N-methyl/N-ethyl adjacent to an activating group) is 1. The van der Waals surface area contributed by atoms with Gasteiger partial charge in [-0.1, -0.05) is 33.8 Å². The van der Waals surface area contributed by atoms with Gasteiger partial charge < -0.3 is 9.64 Å².